The molecule has 0 saturated heterocycles. The van der Waals surface area contributed by atoms with Crippen molar-refractivity contribution in [1.82, 2.24) is 0 Å². The molecule has 0 heterocycles. The van der Waals surface area contributed by atoms with Crippen molar-refractivity contribution in [3.05, 3.63) is 0 Å². The van der Waals surface area contributed by atoms with E-state index in [1.54, 1.807) is 13.8 Å². The van der Waals surface area contributed by atoms with Gasteiger partial charge in [0.15, 0.2) is 0 Å². The maximum absolute atomic E-state index is 13.1. The molecule has 2 rings (SSSR count). The van der Waals surface area contributed by atoms with Crippen LogP contribution < -0.4 is 5.73 Å². The molecule has 2 aliphatic rings. The van der Waals surface area contributed by atoms with Gasteiger partial charge in [-0.3, -0.25) is 0 Å². The molecule has 22 heavy (non-hydrogen) atoms. The van der Waals surface area contributed by atoms with E-state index in [-0.39, 0.29) is 18.9 Å². The van der Waals surface area contributed by atoms with Gasteiger partial charge in [-0.15, -0.1) is 0 Å². The number of thiocarbonyl (C=S) groups is 1. The monoisotopic (exact) mass is 348 g/mol. The molecule has 3 atom stereocenters. The maximum Gasteiger partial charge on any atom is 0.354 e. The first kappa shape index (κ1) is 23.8. The normalized spacial score (nSPS) is 26.5. The van der Waals surface area contributed by atoms with Crippen LogP contribution in [-0.2, 0) is 0 Å². The van der Waals surface area contributed by atoms with E-state index in [0.29, 0.717) is 44.0 Å². The third-order valence-electron chi connectivity index (χ3n) is 3.59. The van der Waals surface area contributed by atoms with E-state index in [0.717, 1.165) is 0 Å². The van der Waals surface area contributed by atoms with Gasteiger partial charge >= 0.3 is 7.56 Å². The number of aliphatic hydroxyl groups is 1. The molecule has 0 unspecified atom stereocenters. The lowest BCUT2D eigenvalue weighted by molar-refractivity contribution is -0.0603. The van der Waals surface area contributed by atoms with Crippen LogP contribution in [0.1, 0.15) is 39.5 Å². The van der Waals surface area contributed by atoms with Crippen molar-refractivity contribution in [1.29, 1.82) is 0 Å². The van der Waals surface area contributed by atoms with Crippen LogP contribution in [0.5, 0.6) is 0 Å². The molecule has 0 spiro atoms. The minimum absolute atomic E-state index is 0.0605. The fraction of sp³-hybridized carbons (Fsp3) is 0.923. The van der Waals surface area contributed by atoms with Gasteiger partial charge in [0.2, 0.25) is 0 Å². The first-order valence-corrected chi connectivity index (χ1v) is 7.56. The largest absolute Gasteiger partial charge is 0.397 e. The third kappa shape index (κ3) is 8.87. The number of rotatable bonds is 3. The molecule has 0 aliphatic heterocycles. The Morgan fingerprint density at radius 1 is 1.32 bits per heavy atom. The molecule has 2 saturated carbocycles. The van der Waals surface area contributed by atoms with Crippen LogP contribution in [0.25, 0.3) is 0 Å². The summed E-state index contributed by atoms with van der Waals surface area (Å²) in [6.07, 6.45) is 2.55. The van der Waals surface area contributed by atoms with Gasteiger partial charge in [0, 0.05) is 34.5 Å². The average molecular weight is 348 g/mol. The van der Waals surface area contributed by atoms with Crippen LogP contribution in [0.15, 0.2) is 0 Å². The molecule has 131 valence electrons. The van der Waals surface area contributed by atoms with Crippen LogP contribution in [0.4, 0.5) is 22.2 Å². The van der Waals surface area contributed by atoms with E-state index >= 15 is 0 Å². The number of nitrogens with two attached hydrogens (primary N) is 1. The van der Waals surface area contributed by atoms with E-state index in [9.17, 15) is 13.1 Å². The van der Waals surface area contributed by atoms with E-state index in [1.807, 2.05) is 0 Å². The molecule has 9 heteroatoms. The van der Waals surface area contributed by atoms with Crippen LogP contribution in [0.3, 0.4) is 0 Å². The lowest BCUT2D eigenvalue weighted by Gasteiger charge is -2.27. The summed E-state index contributed by atoms with van der Waals surface area (Å²) in [6, 6.07) is 0. The smallest absolute Gasteiger partial charge is 0.354 e. The lowest BCUT2D eigenvalue weighted by Crippen LogP contribution is -2.29. The summed E-state index contributed by atoms with van der Waals surface area (Å²) in [5.74, 6) is -2.29. The summed E-state index contributed by atoms with van der Waals surface area (Å²) >= 11 is 4.80. The first-order valence-electron chi connectivity index (χ1n) is 7.15. The van der Waals surface area contributed by atoms with Gasteiger partial charge in [0.05, 0.1) is 4.99 Å². The van der Waals surface area contributed by atoms with Crippen LogP contribution in [0.2, 0.25) is 6.32 Å². The number of alkyl halides is 2. The van der Waals surface area contributed by atoms with Crippen molar-refractivity contribution in [3.8, 4) is 0 Å². The van der Waals surface area contributed by atoms with Crippen molar-refractivity contribution in [2.24, 2.45) is 23.5 Å². The second-order valence-corrected chi connectivity index (χ2v) is 5.73. The molecule has 1 radical (unpaired) electrons. The highest BCUT2D eigenvalue weighted by atomic mass is 32.1. The number of hydrogen-bond acceptors (Lipinski definition) is 2. The Morgan fingerprint density at radius 2 is 1.77 bits per heavy atom. The summed E-state index contributed by atoms with van der Waals surface area (Å²) in [5.41, 5.74) is 5.42. The predicted octanol–water partition coefficient (Wildman–Crippen LogP) is 4.20. The topological polar surface area (TPSA) is 46.2 Å². The molecule has 3 N–H and O–H groups in total. The van der Waals surface area contributed by atoms with Crippen LogP contribution in [0, 0.1) is 17.8 Å². The van der Waals surface area contributed by atoms with Crippen molar-refractivity contribution in [2.75, 3.05) is 6.61 Å². The molecule has 2 nitrogen and oxygen atoms in total. The van der Waals surface area contributed by atoms with Crippen LogP contribution >= 0.6 is 12.2 Å². The van der Waals surface area contributed by atoms with Crippen molar-refractivity contribution in [3.63, 3.8) is 0 Å². The molecular weight excluding hydrogens is 324 g/mol. The number of aliphatic hydroxyl groups excluding tert-OH is 1. The summed E-state index contributed by atoms with van der Waals surface area (Å²) in [6.45, 7) is 3.68. The highest BCUT2D eigenvalue weighted by molar-refractivity contribution is 7.80. The second kappa shape index (κ2) is 13.0. The van der Waals surface area contributed by atoms with Crippen molar-refractivity contribution >= 4 is 24.8 Å². The minimum Gasteiger partial charge on any atom is -0.397 e. The number of hydrogen-bond donors (Lipinski definition) is 2. The quantitative estimate of drug-likeness (QED) is 0.457. The highest BCUT2D eigenvalue weighted by Gasteiger charge is 2.56. The zero-order valence-corrected chi connectivity index (χ0v) is 13.7. The SMILES string of the molecule is CCO.CC[B]F.FF.NC(=S)C[C@H]1C[C@H]2C[C@@H]1CC2(F)F. The zero-order valence-electron chi connectivity index (χ0n) is 12.9. The summed E-state index contributed by atoms with van der Waals surface area (Å²) in [7, 11) is 0.625. The minimum atomic E-state index is -2.41. The highest BCUT2D eigenvalue weighted by Crippen LogP contribution is 2.57. The van der Waals surface area contributed by atoms with E-state index in [1.165, 1.54) is 0 Å². The Kier molecular flexibility index (Phi) is 14.1. The molecule has 2 bridgehead atoms. The standard InChI is InChI=1S/C9H13F2NS.C2H5BF.C2H6O.F2/c10-9(11)4-6-2-7(9)1-5(6)3-8(12)13;1-2-3-4;1-2-3;1-2/h5-7H,1-4H2,(H2,12,13);2H2,1H3;3H,2H2,1H3;/t5-,6-,7+;;;/m1.../s1. The van der Waals surface area contributed by atoms with Gasteiger partial charge in [-0.25, -0.2) is 8.78 Å². The third-order valence-corrected chi connectivity index (χ3v) is 3.76. The van der Waals surface area contributed by atoms with Gasteiger partial charge in [0.1, 0.15) is 0 Å². The zero-order chi connectivity index (χ0) is 17.8. The lowest BCUT2D eigenvalue weighted by atomic mass is 9.84. The molecule has 0 aromatic rings. The molecule has 0 amide bonds. The Hall–Kier alpha value is -0.435. The maximum atomic E-state index is 13.1. The van der Waals surface area contributed by atoms with Gasteiger partial charge < -0.3 is 15.2 Å². The fourth-order valence-corrected chi connectivity index (χ4v) is 3.05. The molecular formula is C13H24BF5NOS. The summed E-state index contributed by atoms with van der Waals surface area (Å²) in [4.78, 5) is 0.473. The molecule has 0 aromatic carbocycles. The van der Waals surface area contributed by atoms with Gasteiger partial charge in [-0.1, -0.05) is 19.1 Å². The Morgan fingerprint density at radius 3 is 2.00 bits per heavy atom. The predicted molar refractivity (Wildman–Crippen MR) is 83.0 cm³/mol. The van der Waals surface area contributed by atoms with Crippen molar-refractivity contribution < 1.29 is 27.4 Å². The first-order chi connectivity index (χ1) is 10.3. The summed E-state index contributed by atoms with van der Waals surface area (Å²) < 4.78 is 52.8. The van der Waals surface area contributed by atoms with E-state index in [2.05, 4.69) is 0 Å². The summed E-state index contributed by atoms with van der Waals surface area (Å²) in [5, 5.41) is 7.57. The van der Waals surface area contributed by atoms with Gasteiger partial charge in [-0.2, -0.15) is 0 Å². The second-order valence-electron chi connectivity index (χ2n) is 5.20. The Bertz CT molecular complexity index is 298. The number of fused-ring (bicyclic) bond motifs is 2. The van der Waals surface area contributed by atoms with Crippen molar-refractivity contribution in [2.45, 2.75) is 51.8 Å². The van der Waals surface area contributed by atoms with E-state index in [4.69, 9.17) is 32.2 Å². The molecule has 0 aromatic heterocycles. The fourth-order valence-electron chi connectivity index (χ4n) is 2.83. The van der Waals surface area contributed by atoms with Gasteiger partial charge in [0.25, 0.3) is 5.92 Å². The van der Waals surface area contributed by atoms with E-state index < -0.39 is 11.8 Å². The molecule has 2 fully saturated rings. The molecule has 2 aliphatic carbocycles. The number of halogens is 5. The average Bonchev–Trinajstić information content (AvgIpc) is 2.97. The Balaban J connectivity index is 0. The van der Waals surface area contributed by atoms with Crippen LogP contribution in [-0.4, -0.2) is 30.2 Å². The van der Waals surface area contributed by atoms with Gasteiger partial charge in [-0.05, 0) is 37.9 Å². The Labute approximate surface area is 134 Å².